The number of ether oxygens (including phenoxy) is 1. The maximum Gasteiger partial charge on any atom is 0.312 e. The summed E-state index contributed by atoms with van der Waals surface area (Å²) in [6.07, 6.45) is 0.856. The summed E-state index contributed by atoms with van der Waals surface area (Å²) in [6, 6.07) is 3.32. The minimum atomic E-state index is -1.96. The van der Waals surface area contributed by atoms with Crippen molar-refractivity contribution in [1.29, 1.82) is 0 Å². The lowest BCUT2D eigenvalue weighted by Crippen LogP contribution is -2.39. The van der Waals surface area contributed by atoms with E-state index in [4.69, 9.17) is 4.74 Å². The van der Waals surface area contributed by atoms with Crippen LogP contribution in [-0.2, 0) is 15.1 Å². The van der Waals surface area contributed by atoms with Gasteiger partial charge >= 0.3 is 5.97 Å². The van der Waals surface area contributed by atoms with Gasteiger partial charge in [0.25, 0.3) is 0 Å². The molecule has 2 atom stereocenters. The lowest BCUT2D eigenvalue weighted by atomic mass is 9.79. The van der Waals surface area contributed by atoms with Crippen molar-refractivity contribution in [1.82, 2.24) is 0 Å². The van der Waals surface area contributed by atoms with Crippen LogP contribution >= 0.6 is 0 Å². The molecule has 0 aliphatic rings. The molecule has 0 heterocycles. The Bertz CT molecular complexity index is 452. The van der Waals surface area contributed by atoms with Gasteiger partial charge in [0.15, 0.2) is 0 Å². The molecule has 0 fully saturated rings. The Labute approximate surface area is 117 Å². The Morgan fingerprint density at radius 3 is 2.35 bits per heavy atom. The first-order valence-corrected chi connectivity index (χ1v) is 6.69. The highest BCUT2D eigenvalue weighted by atomic mass is 19.1. The number of carbonyl (C=O) groups excluding carboxylic acids is 1. The molecule has 1 aromatic rings. The van der Waals surface area contributed by atoms with E-state index in [9.17, 15) is 18.7 Å². The van der Waals surface area contributed by atoms with Gasteiger partial charge in [0.1, 0.15) is 17.2 Å². The molecular weight excluding hydrogens is 266 g/mol. The zero-order chi connectivity index (χ0) is 15.3. The summed E-state index contributed by atoms with van der Waals surface area (Å²) in [4.78, 5) is 11.9. The van der Waals surface area contributed by atoms with Crippen LogP contribution in [-0.4, -0.2) is 17.7 Å². The number of aliphatic hydroxyl groups is 1. The fourth-order valence-electron chi connectivity index (χ4n) is 2.32. The second kappa shape index (κ2) is 6.79. The van der Waals surface area contributed by atoms with Crippen molar-refractivity contribution >= 4 is 5.97 Å². The molecule has 0 saturated heterocycles. The molecule has 0 aromatic heterocycles. The van der Waals surface area contributed by atoms with Crippen molar-refractivity contribution in [2.75, 3.05) is 6.61 Å². The normalized spacial score (nSPS) is 15.5. The summed E-state index contributed by atoms with van der Waals surface area (Å²) in [5.41, 5.74) is -2.45. The first kappa shape index (κ1) is 16.6. The molecular formula is C15H20F2O3. The van der Waals surface area contributed by atoms with Gasteiger partial charge in [0.05, 0.1) is 18.1 Å². The fourth-order valence-corrected chi connectivity index (χ4v) is 2.32. The molecule has 5 heteroatoms. The zero-order valence-electron chi connectivity index (χ0n) is 12.0. The topological polar surface area (TPSA) is 46.5 Å². The third kappa shape index (κ3) is 3.33. The number of esters is 1. The Morgan fingerprint density at radius 1 is 1.35 bits per heavy atom. The average Bonchev–Trinajstić information content (AvgIpc) is 2.35. The summed E-state index contributed by atoms with van der Waals surface area (Å²) in [5, 5.41) is 10.6. The van der Waals surface area contributed by atoms with Gasteiger partial charge < -0.3 is 9.84 Å². The Morgan fingerprint density at radius 2 is 1.90 bits per heavy atom. The van der Waals surface area contributed by atoms with Gasteiger partial charge in [0, 0.05) is 0 Å². The zero-order valence-corrected chi connectivity index (χ0v) is 12.0. The Balaban J connectivity index is 3.25. The van der Waals surface area contributed by atoms with Crippen molar-refractivity contribution < 1.29 is 23.4 Å². The van der Waals surface area contributed by atoms with Crippen LogP contribution in [0.1, 0.15) is 39.2 Å². The molecule has 1 N–H and O–H groups in total. The van der Waals surface area contributed by atoms with Crippen molar-refractivity contribution in [3.8, 4) is 0 Å². The van der Waals surface area contributed by atoms with Gasteiger partial charge in [-0.1, -0.05) is 19.4 Å². The first-order valence-electron chi connectivity index (χ1n) is 6.69. The Kier molecular flexibility index (Phi) is 5.62. The van der Waals surface area contributed by atoms with Crippen LogP contribution in [0.4, 0.5) is 8.78 Å². The lowest BCUT2D eigenvalue weighted by Gasteiger charge is -2.32. The smallest absolute Gasteiger partial charge is 0.312 e. The molecule has 0 saturated carbocycles. The summed E-state index contributed by atoms with van der Waals surface area (Å²) < 4.78 is 32.6. The van der Waals surface area contributed by atoms with Crippen LogP contribution in [0.15, 0.2) is 18.2 Å². The number of carbonyl (C=O) groups is 1. The van der Waals surface area contributed by atoms with E-state index in [-0.39, 0.29) is 13.0 Å². The molecule has 0 aliphatic heterocycles. The van der Waals surface area contributed by atoms with Crippen molar-refractivity contribution in [3.05, 3.63) is 35.4 Å². The minimum Gasteiger partial charge on any atom is -0.466 e. The van der Waals surface area contributed by atoms with Gasteiger partial charge in [0.2, 0.25) is 0 Å². The molecule has 0 bridgehead atoms. The van der Waals surface area contributed by atoms with Crippen LogP contribution < -0.4 is 0 Å². The van der Waals surface area contributed by atoms with E-state index in [1.165, 1.54) is 13.0 Å². The van der Waals surface area contributed by atoms with Crippen LogP contribution in [0.3, 0.4) is 0 Å². The van der Waals surface area contributed by atoms with Gasteiger partial charge in [-0.25, -0.2) is 8.78 Å². The molecule has 0 amide bonds. The maximum absolute atomic E-state index is 13.8. The molecule has 0 spiro atoms. The largest absolute Gasteiger partial charge is 0.466 e. The third-order valence-corrected chi connectivity index (χ3v) is 3.30. The molecule has 3 nitrogen and oxygen atoms in total. The maximum atomic E-state index is 13.8. The molecule has 2 unspecified atom stereocenters. The highest BCUT2D eigenvalue weighted by Gasteiger charge is 2.42. The van der Waals surface area contributed by atoms with Crippen LogP contribution in [0.2, 0.25) is 0 Å². The highest BCUT2D eigenvalue weighted by Crippen LogP contribution is 2.36. The predicted molar refractivity (Wildman–Crippen MR) is 71.0 cm³/mol. The fraction of sp³-hybridized carbons (Fsp3) is 0.533. The summed E-state index contributed by atoms with van der Waals surface area (Å²) in [5.74, 6) is -3.42. The van der Waals surface area contributed by atoms with Gasteiger partial charge in [-0.2, -0.15) is 0 Å². The summed E-state index contributed by atoms with van der Waals surface area (Å²) >= 11 is 0. The highest BCUT2D eigenvalue weighted by molar-refractivity contribution is 5.74. The van der Waals surface area contributed by atoms with Crippen molar-refractivity contribution in [2.45, 2.75) is 39.2 Å². The number of hydrogen-bond acceptors (Lipinski definition) is 3. The van der Waals surface area contributed by atoms with E-state index < -0.39 is 34.7 Å². The van der Waals surface area contributed by atoms with E-state index in [2.05, 4.69) is 0 Å². The van der Waals surface area contributed by atoms with Crippen LogP contribution in [0.5, 0.6) is 0 Å². The second-order valence-electron chi connectivity index (χ2n) is 4.84. The lowest BCUT2D eigenvalue weighted by molar-refractivity contribution is -0.159. The van der Waals surface area contributed by atoms with E-state index in [1.807, 2.05) is 6.92 Å². The van der Waals surface area contributed by atoms with Crippen molar-refractivity contribution in [3.63, 3.8) is 0 Å². The second-order valence-corrected chi connectivity index (χ2v) is 4.84. The Hall–Kier alpha value is -1.49. The molecule has 1 rings (SSSR count). The quantitative estimate of drug-likeness (QED) is 0.817. The standard InChI is InChI=1S/C15H20F2O3/c1-4-7-10(14(18)20-5-2)15(3,19)13-11(16)8-6-9-12(13)17/h6,8-10,19H,4-5,7H2,1-3H3. The molecule has 1 aromatic carbocycles. The molecule has 0 aliphatic carbocycles. The molecule has 0 radical (unpaired) electrons. The number of rotatable bonds is 6. The number of benzene rings is 1. The number of halogens is 2. The van der Waals surface area contributed by atoms with Crippen LogP contribution in [0.25, 0.3) is 0 Å². The van der Waals surface area contributed by atoms with E-state index in [0.29, 0.717) is 6.42 Å². The molecule has 112 valence electrons. The van der Waals surface area contributed by atoms with Crippen molar-refractivity contribution in [2.24, 2.45) is 5.92 Å². The summed E-state index contributed by atoms with van der Waals surface area (Å²) in [7, 11) is 0. The average molecular weight is 286 g/mol. The van der Waals surface area contributed by atoms with Gasteiger partial charge in [-0.05, 0) is 32.4 Å². The van der Waals surface area contributed by atoms with E-state index in [1.54, 1.807) is 6.92 Å². The van der Waals surface area contributed by atoms with E-state index in [0.717, 1.165) is 12.1 Å². The SMILES string of the molecule is CCCC(C(=O)OCC)C(C)(O)c1c(F)cccc1F. The predicted octanol–water partition coefficient (Wildman–Crippen LogP) is 3.15. The first-order chi connectivity index (χ1) is 9.36. The minimum absolute atomic E-state index is 0.148. The third-order valence-electron chi connectivity index (χ3n) is 3.30. The monoisotopic (exact) mass is 286 g/mol. The van der Waals surface area contributed by atoms with Crippen LogP contribution in [0, 0.1) is 17.6 Å². The van der Waals surface area contributed by atoms with Gasteiger partial charge in [-0.3, -0.25) is 4.79 Å². The molecule has 20 heavy (non-hydrogen) atoms. The number of hydrogen-bond donors (Lipinski definition) is 1. The summed E-state index contributed by atoms with van der Waals surface area (Å²) in [6.45, 7) is 4.85. The van der Waals surface area contributed by atoms with E-state index >= 15 is 0 Å². The van der Waals surface area contributed by atoms with Gasteiger partial charge in [-0.15, -0.1) is 0 Å².